The third-order valence-electron chi connectivity index (χ3n) is 19.4. The van der Waals surface area contributed by atoms with E-state index in [9.17, 15) is 87.5 Å². The Hall–Kier alpha value is -10.1. The fourth-order valence-electron chi connectivity index (χ4n) is 12.6. The molecule has 662 valence electrons. The lowest BCUT2D eigenvalue weighted by molar-refractivity contribution is -0.153. The van der Waals surface area contributed by atoms with Crippen LogP contribution in [0.3, 0.4) is 0 Å². The van der Waals surface area contributed by atoms with E-state index in [1.807, 2.05) is 39.6 Å². The number of ether oxygens (including phenoxy) is 3. The summed E-state index contributed by atoms with van der Waals surface area (Å²) in [4.78, 5) is 202. The first-order valence-electron chi connectivity index (χ1n) is 40.0. The van der Waals surface area contributed by atoms with Crippen LogP contribution in [-0.2, 0) is 86.3 Å². The molecule has 0 aliphatic carbocycles. The van der Waals surface area contributed by atoms with Gasteiger partial charge in [-0.1, -0.05) is 125 Å². The van der Waals surface area contributed by atoms with Crippen molar-refractivity contribution >= 4 is 122 Å². The number of thiazole rings is 1. The van der Waals surface area contributed by atoms with E-state index in [4.69, 9.17) is 19.3 Å². The molecule has 12 unspecified atom stereocenters. The van der Waals surface area contributed by atoms with Gasteiger partial charge in [0.15, 0.2) is 6.10 Å². The summed E-state index contributed by atoms with van der Waals surface area (Å²) in [6.45, 7) is 17.3. The molecule has 1 aliphatic rings. The number of benzene rings is 2. The predicted molar refractivity (Wildman–Crippen MR) is 443 cm³/mol. The zero-order valence-electron chi connectivity index (χ0n) is 69.2. The maximum atomic E-state index is 15.1. The van der Waals surface area contributed by atoms with Gasteiger partial charge in [0.1, 0.15) is 54.0 Å². The van der Waals surface area contributed by atoms with E-state index in [2.05, 4.69) is 70.6 Å². The average molecular weight is 1730 g/mol. The van der Waals surface area contributed by atoms with E-state index in [0.717, 1.165) is 50.0 Å². The van der Waals surface area contributed by atoms with Crippen LogP contribution in [0.2, 0.25) is 0 Å². The summed E-state index contributed by atoms with van der Waals surface area (Å²) < 4.78 is 17.4. The Morgan fingerprint density at radius 1 is 0.664 bits per heavy atom. The third kappa shape index (κ3) is 39.6. The lowest BCUT2D eigenvalue weighted by atomic mass is 9.92. The van der Waals surface area contributed by atoms with Crippen LogP contribution in [0, 0.1) is 17.8 Å². The third-order valence-corrected chi connectivity index (χ3v) is 22.9. The summed E-state index contributed by atoms with van der Waals surface area (Å²) in [5.74, 6) is -11.7. The molecule has 4 rings (SSSR count). The normalized spacial score (nSPS) is 15.4. The number of phenolic OH excluding ortho intramolecular Hbond substituents is 1. The monoisotopic (exact) mass is 1730 g/mol. The molecule has 0 saturated carbocycles. The Bertz CT molecular complexity index is 3810. The van der Waals surface area contributed by atoms with Crippen molar-refractivity contribution in [2.75, 3.05) is 51.6 Å². The number of likely N-dealkylation sites (tertiary alicyclic amines) is 1. The summed E-state index contributed by atoms with van der Waals surface area (Å²) >= 11 is 1.08. The first-order chi connectivity index (χ1) is 56.5. The SMILES string of the molecule is CCCCCOCN(C(=O)C(NC(=O)C1CCCCN1C)C(C)CC)C(CC(OC(C)=O)c1nc(C(=O)NC(Cc2ccc(O)cc2)CC(C)C(=O)NNC(=O)OCCSSCC(C)NC(=O)C(CC(=O)O)NC(=O)C(CC(=O)O)NC(=O)Cc2ccc(CNC(=O)NCCCCC(C)NC(=O)NC(CCC(=O)O)C(=O)O)cc2)cs1)C(C)C. The molecule has 0 radical (unpaired) electrons. The van der Waals surface area contributed by atoms with Crippen LogP contribution in [0.1, 0.15) is 203 Å². The van der Waals surface area contributed by atoms with E-state index in [0.29, 0.717) is 55.4 Å². The van der Waals surface area contributed by atoms with E-state index in [-0.39, 0.29) is 122 Å². The number of piperidine rings is 1. The standard InChI is InChI=1S/C79H120N14O23S3/c1-11-13-18-33-114-45-93(75(108)68(47(5)12-2)89-73(107)61-20-15-17-32-92(61)10)62(46(3)4)41-63(116-51(9)94)74-87-60(44-117-74)72(106)84-55(37-52-25-27-56(95)28-26-52)36-48(6)69(103)90-91-79(113)115-34-35-118-119-43-50(8)82-70(104)59(40-67(101)102)86-71(105)58(39-66(99)100)85-64(96)38-53-21-23-54(24-22-53)42-81-77(111)80-31-16-14-19-49(7)83-78(112)88-57(76(109)110)29-30-65(97)98/h21-28,44,46-50,55,57-59,61-63,68,95H,11-20,29-43,45H2,1-10H3,(H,82,104)(H,84,106)(H,85,96)(H,86,105)(H,89,107)(H,90,103)(H,91,113)(H,97,98)(H,99,100)(H,101,102)(H,109,110)(H2,80,81,111)(H2,83,88,112). The quantitative estimate of drug-likeness (QED) is 0.0101. The van der Waals surface area contributed by atoms with Crippen LogP contribution in [0.15, 0.2) is 53.9 Å². The number of rotatable bonds is 54. The molecule has 1 saturated heterocycles. The van der Waals surface area contributed by atoms with Gasteiger partial charge in [0, 0.05) is 86.4 Å². The molecule has 2 aromatic carbocycles. The number of aliphatic carboxylic acids is 4. The van der Waals surface area contributed by atoms with Gasteiger partial charge in [0.2, 0.25) is 35.4 Å². The Morgan fingerprint density at radius 2 is 1.33 bits per heavy atom. The van der Waals surface area contributed by atoms with Crippen LogP contribution in [-0.4, -0.2) is 236 Å². The average Bonchev–Trinajstić information content (AvgIpc) is 1.80. The van der Waals surface area contributed by atoms with Crippen molar-refractivity contribution in [3.8, 4) is 5.75 Å². The van der Waals surface area contributed by atoms with Gasteiger partial charge in [0.25, 0.3) is 5.91 Å². The number of unbranched alkanes of at least 4 members (excludes halogenated alkanes) is 3. The first-order valence-corrected chi connectivity index (χ1v) is 43.4. The second-order valence-corrected chi connectivity index (χ2v) is 33.4. The highest BCUT2D eigenvalue weighted by Gasteiger charge is 2.40. The van der Waals surface area contributed by atoms with E-state index in [1.165, 1.54) is 46.0 Å². The maximum Gasteiger partial charge on any atom is 0.426 e. The Kier molecular flexibility index (Phi) is 46.1. The van der Waals surface area contributed by atoms with Gasteiger partial charge in [-0.15, -0.1) is 11.3 Å². The number of hydrogen-bond donors (Lipinski definition) is 16. The number of hydrazine groups is 1. The lowest BCUT2D eigenvalue weighted by Crippen LogP contribution is -2.59. The molecule has 0 bridgehead atoms. The molecule has 1 fully saturated rings. The van der Waals surface area contributed by atoms with Gasteiger partial charge in [-0.2, -0.15) is 0 Å². The Labute approximate surface area is 705 Å². The zero-order chi connectivity index (χ0) is 88.3. The highest BCUT2D eigenvalue weighted by atomic mass is 33.1. The highest BCUT2D eigenvalue weighted by Crippen LogP contribution is 2.33. The number of nitrogens with one attached hydrogen (secondary N) is 11. The first kappa shape index (κ1) is 101. The minimum absolute atomic E-state index is 0.00609. The highest BCUT2D eigenvalue weighted by molar-refractivity contribution is 8.76. The van der Waals surface area contributed by atoms with Crippen LogP contribution in [0.25, 0.3) is 0 Å². The van der Waals surface area contributed by atoms with E-state index in [1.54, 1.807) is 62.1 Å². The van der Waals surface area contributed by atoms with Gasteiger partial charge in [-0.3, -0.25) is 63.1 Å². The second-order valence-electron chi connectivity index (χ2n) is 29.9. The summed E-state index contributed by atoms with van der Waals surface area (Å²) in [5, 5.41) is 72.8. The second kappa shape index (κ2) is 54.2. The number of nitrogens with zero attached hydrogens (tertiary/aromatic N) is 3. The van der Waals surface area contributed by atoms with Gasteiger partial charge in [0.05, 0.1) is 25.3 Å². The molecule has 12 atom stereocenters. The molecular formula is C79H120N14O23S3. The molecule has 0 spiro atoms. The summed E-state index contributed by atoms with van der Waals surface area (Å²) in [7, 11) is 4.39. The summed E-state index contributed by atoms with van der Waals surface area (Å²) in [5.41, 5.74) is 6.32. The number of carbonyl (C=O) groups is 15. The van der Waals surface area contributed by atoms with Crippen molar-refractivity contribution in [1.29, 1.82) is 0 Å². The molecule has 1 aliphatic heterocycles. The molecule has 1 aromatic heterocycles. The largest absolute Gasteiger partial charge is 0.508 e. The molecular weight excluding hydrogens is 1610 g/mol. The molecule has 3 aromatic rings. The van der Waals surface area contributed by atoms with Crippen molar-refractivity contribution in [2.24, 2.45) is 17.8 Å². The number of esters is 1. The number of phenols is 1. The van der Waals surface area contributed by atoms with Crippen LogP contribution in [0.5, 0.6) is 5.75 Å². The van der Waals surface area contributed by atoms with Gasteiger partial charge in [-0.05, 0) is 126 Å². The summed E-state index contributed by atoms with van der Waals surface area (Å²) in [6.07, 6.45) is 2.75. The number of likely N-dealkylation sites (N-methyl/N-ethyl adjacent to an activating group) is 1. The van der Waals surface area contributed by atoms with E-state index >= 15 is 4.79 Å². The fraction of sp³-hybridized carbons (Fsp3) is 0.620. The van der Waals surface area contributed by atoms with Crippen LogP contribution >= 0.6 is 32.9 Å². The number of aromatic hydroxyl groups is 1. The van der Waals surface area contributed by atoms with Gasteiger partial charge < -0.3 is 92.5 Å². The number of carboxylic acids is 4. The number of hydrogen-bond acceptors (Lipinski definition) is 24. The number of carbonyl (C=O) groups excluding carboxylic acids is 11. The minimum Gasteiger partial charge on any atom is -0.508 e. The Morgan fingerprint density at radius 3 is 1.96 bits per heavy atom. The predicted octanol–water partition coefficient (Wildman–Crippen LogP) is 6.02. The number of urea groups is 2. The Balaban J connectivity index is 1.25. The number of amides is 12. The zero-order valence-corrected chi connectivity index (χ0v) is 71.7. The van der Waals surface area contributed by atoms with E-state index < -0.39 is 151 Å². The molecule has 40 heteroatoms. The number of carboxylic acid groups (broad SMARTS) is 4. The van der Waals surface area contributed by atoms with Crippen molar-refractivity contribution < 1.29 is 112 Å². The summed E-state index contributed by atoms with van der Waals surface area (Å²) in [6, 6.07) is 3.02. The topological polar surface area (TPSA) is 537 Å². The van der Waals surface area contributed by atoms with Gasteiger partial charge >= 0.3 is 48.0 Å². The molecule has 16 N–H and O–H groups in total. The molecule has 12 amide bonds. The van der Waals surface area contributed by atoms with Crippen LogP contribution in [0.4, 0.5) is 14.4 Å². The van der Waals surface area contributed by atoms with Crippen molar-refractivity contribution in [2.45, 2.75) is 245 Å². The van der Waals surface area contributed by atoms with Crippen LogP contribution < -0.4 is 58.7 Å². The number of aromatic nitrogens is 1. The fourth-order valence-corrected chi connectivity index (χ4v) is 15.6. The van der Waals surface area contributed by atoms with Crippen molar-refractivity contribution in [1.82, 2.24) is 73.5 Å². The molecule has 2 heterocycles. The molecule has 37 nitrogen and oxygen atoms in total. The smallest absolute Gasteiger partial charge is 0.426 e. The molecule has 119 heavy (non-hydrogen) atoms. The van der Waals surface area contributed by atoms with Crippen molar-refractivity contribution in [3.63, 3.8) is 0 Å². The van der Waals surface area contributed by atoms with Gasteiger partial charge in [-0.25, -0.2) is 29.6 Å². The van der Waals surface area contributed by atoms with Crippen molar-refractivity contribution in [3.05, 3.63) is 81.3 Å². The lowest BCUT2D eigenvalue weighted by Gasteiger charge is -2.40. The maximum absolute atomic E-state index is 15.1. The minimum atomic E-state index is -1.73.